The summed E-state index contributed by atoms with van der Waals surface area (Å²) in [6.07, 6.45) is 1.45. The van der Waals surface area contributed by atoms with Gasteiger partial charge < -0.3 is 14.6 Å². The first kappa shape index (κ1) is 21.1. The second-order valence-corrected chi connectivity index (χ2v) is 8.04. The first-order valence-electron chi connectivity index (χ1n) is 8.14. The molecule has 0 unspecified atom stereocenters. The highest BCUT2D eigenvalue weighted by molar-refractivity contribution is 8.18. The Balaban J connectivity index is 2.22. The Bertz CT molecular complexity index is 815. The second-order valence-electron chi connectivity index (χ2n) is 6.64. The highest BCUT2D eigenvalue weighted by atomic mass is 35.5. The number of phenolic OH excluding ortho intramolecular Hbond substituents is 1. The fraction of sp³-hybridized carbons (Fsp3) is 0.389. The molecule has 1 saturated heterocycles. The largest absolute Gasteiger partial charge is 0.503 e. The molecule has 0 aromatic heterocycles. The molecule has 146 valence electrons. The molecule has 1 N–H and O–H groups in total. The lowest BCUT2D eigenvalue weighted by atomic mass is 10.2. The standard InChI is InChI=1S/C18H20ClNO6S/c1-5-25-12-7-10(6-11(19)15(12)22)8-13-16(23)20(17(24)27-13)9-14(21)26-18(2,3)4/h6-8,22H,5,9H2,1-4H3/b13-8-. The van der Waals surface area contributed by atoms with Gasteiger partial charge in [0, 0.05) is 0 Å². The van der Waals surface area contributed by atoms with Gasteiger partial charge in [-0.2, -0.15) is 0 Å². The Morgan fingerprint density at radius 2 is 2.00 bits per heavy atom. The zero-order valence-corrected chi connectivity index (χ0v) is 16.9. The molecule has 1 aromatic carbocycles. The maximum absolute atomic E-state index is 12.5. The van der Waals surface area contributed by atoms with Crippen molar-refractivity contribution >= 4 is 46.6 Å². The van der Waals surface area contributed by atoms with Crippen molar-refractivity contribution in [2.45, 2.75) is 33.3 Å². The quantitative estimate of drug-likeness (QED) is 0.579. The fourth-order valence-electron chi connectivity index (χ4n) is 2.23. The lowest BCUT2D eigenvalue weighted by Crippen LogP contribution is -2.37. The number of imide groups is 1. The molecular weight excluding hydrogens is 394 g/mol. The predicted molar refractivity (Wildman–Crippen MR) is 103 cm³/mol. The van der Waals surface area contributed by atoms with Crippen molar-refractivity contribution in [1.82, 2.24) is 4.90 Å². The Labute approximate surface area is 166 Å². The normalized spacial score (nSPS) is 16.2. The first-order valence-corrected chi connectivity index (χ1v) is 9.33. The van der Waals surface area contributed by atoms with Crippen LogP contribution >= 0.6 is 23.4 Å². The molecule has 1 aliphatic rings. The number of thioether (sulfide) groups is 1. The molecule has 27 heavy (non-hydrogen) atoms. The van der Waals surface area contributed by atoms with Crippen LogP contribution in [0.3, 0.4) is 0 Å². The lowest BCUT2D eigenvalue weighted by molar-refractivity contribution is -0.156. The average molecular weight is 414 g/mol. The summed E-state index contributed by atoms with van der Waals surface area (Å²) >= 11 is 6.68. The first-order chi connectivity index (χ1) is 12.5. The molecule has 9 heteroatoms. The van der Waals surface area contributed by atoms with Crippen LogP contribution in [0, 0.1) is 0 Å². The minimum atomic E-state index is -0.715. The Morgan fingerprint density at radius 3 is 2.59 bits per heavy atom. The van der Waals surface area contributed by atoms with Gasteiger partial charge in [-0.3, -0.25) is 19.3 Å². The molecule has 1 heterocycles. The molecule has 0 atom stereocenters. The predicted octanol–water partition coefficient (Wildman–Crippen LogP) is 3.82. The van der Waals surface area contributed by atoms with Gasteiger partial charge in [-0.25, -0.2) is 0 Å². The van der Waals surface area contributed by atoms with Crippen LogP contribution in [-0.4, -0.2) is 45.9 Å². The number of rotatable bonds is 5. The van der Waals surface area contributed by atoms with Crippen LogP contribution in [0.5, 0.6) is 11.5 Å². The Kier molecular flexibility index (Phi) is 6.43. The SMILES string of the molecule is CCOc1cc(/C=C2\SC(=O)N(CC(=O)OC(C)(C)C)C2=O)cc(Cl)c1O. The molecular formula is C18H20ClNO6S. The zero-order chi connectivity index (χ0) is 20.4. The van der Waals surface area contributed by atoms with Crippen LogP contribution in [0.25, 0.3) is 6.08 Å². The molecule has 0 bridgehead atoms. The molecule has 1 fully saturated rings. The third kappa shape index (κ3) is 5.40. The summed E-state index contributed by atoms with van der Waals surface area (Å²) in [6, 6.07) is 2.95. The molecule has 0 aliphatic carbocycles. The summed E-state index contributed by atoms with van der Waals surface area (Å²) in [5.41, 5.74) is -0.239. The minimum absolute atomic E-state index is 0.0557. The van der Waals surface area contributed by atoms with E-state index in [1.54, 1.807) is 27.7 Å². The zero-order valence-electron chi connectivity index (χ0n) is 15.4. The topological polar surface area (TPSA) is 93.1 Å². The van der Waals surface area contributed by atoms with Crippen molar-refractivity contribution in [2.75, 3.05) is 13.2 Å². The number of carbonyl (C=O) groups is 3. The van der Waals surface area contributed by atoms with Crippen LogP contribution in [0.15, 0.2) is 17.0 Å². The number of hydrogen-bond donors (Lipinski definition) is 1. The Hall–Kier alpha value is -2.19. The molecule has 2 amide bonds. The molecule has 2 rings (SSSR count). The van der Waals surface area contributed by atoms with Crippen molar-refractivity contribution in [2.24, 2.45) is 0 Å². The number of aromatic hydroxyl groups is 1. The van der Waals surface area contributed by atoms with E-state index in [0.717, 1.165) is 4.90 Å². The van der Waals surface area contributed by atoms with E-state index < -0.39 is 29.3 Å². The van der Waals surface area contributed by atoms with Gasteiger partial charge in [-0.05, 0) is 63.2 Å². The molecule has 1 aromatic rings. The number of halogens is 1. The average Bonchev–Trinajstić information content (AvgIpc) is 2.78. The number of amides is 2. The second kappa shape index (κ2) is 8.22. The highest BCUT2D eigenvalue weighted by Crippen LogP contribution is 2.38. The van der Waals surface area contributed by atoms with Crippen molar-refractivity contribution in [3.05, 3.63) is 27.6 Å². The van der Waals surface area contributed by atoms with Crippen LogP contribution in [0.1, 0.15) is 33.3 Å². The van der Waals surface area contributed by atoms with E-state index in [1.165, 1.54) is 18.2 Å². The number of hydrogen-bond acceptors (Lipinski definition) is 7. The molecule has 1 aliphatic heterocycles. The van der Waals surface area contributed by atoms with Crippen molar-refractivity contribution in [3.8, 4) is 11.5 Å². The third-order valence-corrected chi connectivity index (χ3v) is 4.42. The van der Waals surface area contributed by atoms with E-state index >= 15 is 0 Å². The highest BCUT2D eigenvalue weighted by Gasteiger charge is 2.37. The number of benzene rings is 1. The van der Waals surface area contributed by atoms with Gasteiger partial charge in [0.15, 0.2) is 11.5 Å². The number of esters is 1. The van der Waals surface area contributed by atoms with Gasteiger partial charge >= 0.3 is 5.97 Å². The van der Waals surface area contributed by atoms with E-state index in [1.807, 2.05) is 0 Å². The van der Waals surface area contributed by atoms with E-state index in [0.29, 0.717) is 23.9 Å². The smallest absolute Gasteiger partial charge is 0.326 e. The molecule has 0 radical (unpaired) electrons. The van der Waals surface area contributed by atoms with E-state index in [9.17, 15) is 19.5 Å². The van der Waals surface area contributed by atoms with Crippen molar-refractivity contribution in [1.29, 1.82) is 0 Å². The van der Waals surface area contributed by atoms with Crippen molar-refractivity contribution in [3.63, 3.8) is 0 Å². The van der Waals surface area contributed by atoms with Gasteiger partial charge in [0.25, 0.3) is 11.1 Å². The minimum Gasteiger partial charge on any atom is -0.503 e. The number of carbonyl (C=O) groups excluding carboxylic acids is 3. The van der Waals surface area contributed by atoms with Crippen molar-refractivity contribution < 1.29 is 29.0 Å². The molecule has 0 saturated carbocycles. The van der Waals surface area contributed by atoms with Crippen LogP contribution in [-0.2, 0) is 14.3 Å². The summed E-state index contributed by atoms with van der Waals surface area (Å²) in [5, 5.41) is 9.37. The summed E-state index contributed by atoms with van der Waals surface area (Å²) in [4.78, 5) is 37.5. The van der Waals surface area contributed by atoms with Gasteiger partial charge in [0.05, 0.1) is 16.5 Å². The Morgan fingerprint density at radius 1 is 1.33 bits per heavy atom. The number of phenols is 1. The maximum Gasteiger partial charge on any atom is 0.326 e. The third-order valence-electron chi connectivity index (χ3n) is 3.23. The van der Waals surface area contributed by atoms with Gasteiger partial charge in [-0.15, -0.1) is 0 Å². The number of nitrogens with zero attached hydrogens (tertiary/aromatic N) is 1. The summed E-state index contributed by atoms with van der Waals surface area (Å²) in [6.45, 7) is 6.71. The summed E-state index contributed by atoms with van der Waals surface area (Å²) in [7, 11) is 0. The molecule has 7 nitrogen and oxygen atoms in total. The van der Waals surface area contributed by atoms with E-state index in [4.69, 9.17) is 21.1 Å². The van der Waals surface area contributed by atoms with Crippen LogP contribution in [0.4, 0.5) is 4.79 Å². The van der Waals surface area contributed by atoms with Crippen LogP contribution < -0.4 is 4.74 Å². The van der Waals surface area contributed by atoms with E-state index in [-0.39, 0.29) is 21.4 Å². The van der Waals surface area contributed by atoms with E-state index in [2.05, 4.69) is 0 Å². The van der Waals surface area contributed by atoms with Gasteiger partial charge in [0.2, 0.25) is 0 Å². The van der Waals surface area contributed by atoms with Crippen LogP contribution in [0.2, 0.25) is 5.02 Å². The summed E-state index contributed by atoms with van der Waals surface area (Å²) < 4.78 is 10.4. The van der Waals surface area contributed by atoms with Gasteiger partial charge in [0.1, 0.15) is 12.1 Å². The molecule has 0 spiro atoms. The summed E-state index contributed by atoms with van der Waals surface area (Å²) in [5.74, 6) is -1.30. The lowest BCUT2D eigenvalue weighted by Gasteiger charge is -2.21. The van der Waals surface area contributed by atoms with Gasteiger partial charge in [-0.1, -0.05) is 11.6 Å². The fourth-order valence-corrected chi connectivity index (χ4v) is 3.29. The number of ether oxygens (including phenoxy) is 2. The maximum atomic E-state index is 12.5. The monoisotopic (exact) mass is 413 g/mol.